The van der Waals surface area contributed by atoms with Crippen LogP contribution in [-0.2, 0) is 17.7 Å². The van der Waals surface area contributed by atoms with Gasteiger partial charge in [0.2, 0.25) is 0 Å². The molecule has 1 aromatic carbocycles. The summed E-state index contributed by atoms with van der Waals surface area (Å²) in [6.45, 7) is 0.694. The molecule has 3 rings (SSSR count). The molecule has 0 fully saturated rings. The lowest BCUT2D eigenvalue weighted by Gasteiger charge is -2.07. The number of alkyl carbamates (subject to hydrolysis) is 1. The summed E-state index contributed by atoms with van der Waals surface area (Å²) in [7, 11) is 1.29. The van der Waals surface area contributed by atoms with E-state index in [2.05, 4.69) is 15.0 Å². The Kier molecular flexibility index (Phi) is 5.28. The van der Waals surface area contributed by atoms with Crippen molar-refractivity contribution in [3.8, 4) is 0 Å². The predicted molar refractivity (Wildman–Crippen MR) is 97.9 cm³/mol. The van der Waals surface area contributed by atoms with Gasteiger partial charge in [0, 0.05) is 23.3 Å². The van der Waals surface area contributed by atoms with Crippen molar-refractivity contribution in [1.82, 2.24) is 14.9 Å². The molecule has 0 spiro atoms. The fraction of sp³-hybridized carbons (Fsp3) is 0.211. The van der Waals surface area contributed by atoms with Crippen molar-refractivity contribution in [2.45, 2.75) is 13.0 Å². The average molecular weight is 352 g/mol. The zero-order valence-electron chi connectivity index (χ0n) is 14.4. The first-order chi connectivity index (χ1) is 12.6. The van der Waals surface area contributed by atoms with Crippen LogP contribution < -0.4 is 11.1 Å². The van der Waals surface area contributed by atoms with E-state index in [1.165, 1.54) is 7.11 Å². The molecule has 0 saturated carbocycles. The number of hydrogen-bond donors (Lipinski definition) is 2. The smallest absolute Gasteiger partial charge is 0.407 e. The molecule has 7 heteroatoms. The molecule has 2 aromatic heterocycles. The second-order valence-corrected chi connectivity index (χ2v) is 5.77. The van der Waals surface area contributed by atoms with E-state index in [4.69, 9.17) is 5.73 Å². The first kappa shape index (κ1) is 17.6. The van der Waals surface area contributed by atoms with E-state index < -0.39 is 6.09 Å². The lowest BCUT2D eigenvalue weighted by atomic mass is 10.1. The van der Waals surface area contributed by atoms with Crippen molar-refractivity contribution in [2.24, 2.45) is 5.73 Å². The number of rotatable bonds is 5. The number of carbonyl (C=O) groups excluding carboxylic acids is 2. The quantitative estimate of drug-likeness (QED) is 0.732. The van der Waals surface area contributed by atoms with Crippen molar-refractivity contribution < 1.29 is 14.3 Å². The van der Waals surface area contributed by atoms with Crippen molar-refractivity contribution in [2.75, 3.05) is 13.7 Å². The maximum absolute atomic E-state index is 13.0. The number of aromatic nitrogens is 2. The number of nitrogens with two attached hydrogens (primary N) is 1. The second kappa shape index (κ2) is 7.79. The maximum atomic E-state index is 13.0. The van der Waals surface area contributed by atoms with Gasteiger partial charge in [-0.15, -0.1) is 0 Å². The summed E-state index contributed by atoms with van der Waals surface area (Å²) in [5.41, 5.74) is 8.63. The van der Waals surface area contributed by atoms with Gasteiger partial charge in [-0.25, -0.2) is 4.79 Å². The molecule has 0 atom stereocenters. The minimum Gasteiger partial charge on any atom is -0.453 e. The number of amides is 1. The van der Waals surface area contributed by atoms with Crippen LogP contribution >= 0.6 is 0 Å². The van der Waals surface area contributed by atoms with Crippen LogP contribution in [0.3, 0.4) is 0 Å². The number of para-hydroxylation sites is 1. The van der Waals surface area contributed by atoms with Crippen LogP contribution in [0.4, 0.5) is 4.79 Å². The molecule has 26 heavy (non-hydrogen) atoms. The minimum absolute atomic E-state index is 0.161. The van der Waals surface area contributed by atoms with Crippen LogP contribution in [0.25, 0.3) is 10.9 Å². The lowest BCUT2D eigenvalue weighted by Crippen LogP contribution is -2.23. The SMILES string of the molecule is COC(=O)NCc1cc(C(=O)n2cc(CCN)c3ccccc32)ccn1. The summed E-state index contributed by atoms with van der Waals surface area (Å²) in [5, 5.41) is 3.57. The van der Waals surface area contributed by atoms with E-state index in [1.54, 1.807) is 22.9 Å². The number of pyridine rings is 1. The zero-order valence-corrected chi connectivity index (χ0v) is 14.4. The molecule has 7 nitrogen and oxygen atoms in total. The van der Waals surface area contributed by atoms with E-state index in [9.17, 15) is 9.59 Å². The largest absolute Gasteiger partial charge is 0.453 e. The normalized spacial score (nSPS) is 10.7. The van der Waals surface area contributed by atoms with E-state index in [-0.39, 0.29) is 12.5 Å². The molecule has 0 radical (unpaired) electrons. The molecular formula is C19H20N4O3. The first-order valence-corrected chi connectivity index (χ1v) is 8.24. The Morgan fingerprint density at radius 2 is 2.08 bits per heavy atom. The minimum atomic E-state index is -0.550. The van der Waals surface area contributed by atoms with Crippen molar-refractivity contribution in [1.29, 1.82) is 0 Å². The summed E-state index contributed by atoms with van der Waals surface area (Å²) < 4.78 is 6.17. The van der Waals surface area contributed by atoms with E-state index in [0.29, 0.717) is 24.2 Å². The monoisotopic (exact) mass is 352 g/mol. The fourth-order valence-electron chi connectivity index (χ4n) is 2.85. The molecule has 0 aliphatic carbocycles. The van der Waals surface area contributed by atoms with Gasteiger partial charge in [0.1, 0.15) is 0 Å². The average Bonchev–Trinajstić information content (AvgIpc) is 3.05. The number of methoxy groups -OCH3 is 1. The maximum Gasteiger partial charge on any atom is 0.407 e. The zero-order chi connectivity index (χ0) is 18.5. The summed E-state index contributed by atoms with van der Waals surface area (Å²) in [6, 6.07) is 11.1. The number of hydrogen-bond acceptors (Lipinski definition) is 5. The van der Waals surface area contributed by atoms with E-state index in [1.807, 2.05) is 30.5 Å². The Labute approximate surface area is 150 Å². The molecule has 1 amide bonds. The lowest BCUT2D eigenvalue weighted by molar-refractivity contribution is 0.0964. The van der Waals surface area contributed by atoms with Gasteiger partial charge in [0.05, 0.1) is 24.9 Å². The Morgan fingerprint density at radius 3 is 2.85 bits per heavy atom. The third-order valence-electron chi connectivity index (χ3n) is 4.09. The van der Waals surface area contributed by atoms with Gasteiger partial charge < -0.3 is 15.8 Å². The van der Waals surface area contributed by atoms with Crippen molar-refractivity contribution >= 4 is 22.9 Å². The van der Waals surface area contributed by atoms with Gasteiger partial charge in [-0.1, -0.05) is 18.2 Å². The number of nitrogens with one attached hydrogen (secondary N) is 1. The fourth-order valence-corrected chi connectivity index (χ4v) is 2.85. The molecule has 0 saturated heterocycles. The molecule has 134 valence electrons. The first-order valence-electron chi connectivity index (χ1n) is 8.24. The Morgan fingerprint density at radius 1 is 1.27 bits per heavy atom. The van der Waals surface area contributed by atoms with Crippen molar-refractivity contribution in [3.05, 3.63) is 65.6 Å². The summed E-state index contributed by atoms with van der Waals surface area (Å²) in [6.07, 6.45) is 3.54. The van der Waals surface area contributed by atoms with E-state index >= 15 is 0 Å². The van der Waals surface area contributed by atoms with E-state index in [0.717, 1.165) is 16.5 Å². The Bertz CT molecular complexity index is 949. The summed E-state index contributed by atoms with van der Waals surface area (Å²) in [4.78, 5) is 28.4. The van der Waals surface area contributed by atoms with Gasteiger partial charge in [-0.3, -0.25) is 14.3 Å². The number of fused-ring (bicyclic) bond motifs is 1. The van der Waals surface area contributed by atoms with Crippen LogP contribution in [0.5, 0.6) is 0 Å². The molecule has 0 aliphatic heterocycles. The Hall–Kier alpha value is -3.19. The highest BCUT2D eigenvalue weighted by Crippen LogP contribution is 2.22. The summed E-state index contributed by atoms with van der Waals surface area (Å²) >= 11 is 0. The molecule has 0 bridgehead atoms. The molecule has 3 aromatic rings. The van der Waals surface area contributed by atoms with Crippen LogP contribution in [0.1, 0.15) is 21.6 Å². The van der Waals surface area contributed by atoms with Gasteiger partial charge in [-0.2, -0.15) is 0 Å². The van der Waals surface area contributed by atoms with Crippen LogP contribution in [0.15, 0.2) is 48.8 Å². The van der Waals surface area contributed by atoms with Crippen LogP contribution in [0, 0.1) is 0 Å². The number of nitrogens with zero attached hydrogens (tertiary/aromatic N) is 2. The second-order valence-electron chi connectivity index (χ2n) is 5.77. The topological polar surface area (TPSA) is 99.2 Å². The highest BCUT2D eigenvalue weighted by Gasteiger charge is 2.15. The molecular weight excluding hydrogens is 332 g/mol. The molecule has 3 N–H and O–H groups in total. The van der Waals surface area contributed by atoms with Crippen LogP contribution in [-0.4, -0.2) is 35.2 Å². The van der Waals surface area contributed by atoms with Gasteiger partial charge in [0.25, 0.3) is 5.91 Å². The van der Waals surface area contributed by atoms with Crippen molar-refractivity contribution in [3.63, 3.8) is 0 Å². The Balaban J connectivity index is 1.92. The number of benzene rings is 1. The molecule has 0 aliphatic rings. The standard InChI is InChI=1S/C19H20N4O3/c1-26-19(25)22-11-15-10-13(7-9-21-15)18(24)23-12-14(6-8-20)16-4-2-3-5-17(16)23/h2-5,7,9-10,12H,6,8,11,20H2,1H3,(H,22,25). The van der Waals surface area contributed by atoms with Gasteiger partial charge >= 0.3 is 6.09 Å². The predicted octanol–water partition coefficient (Wildman–Crippen LogP) is 2.08. The third-order valence-corrected chi connectivity index (χ3v) is 4.09. The van der Waals surface area contributed by atoms with Gasteiger partial charge in [-0.05, 0) is 36.7 Å². The molecule has 2 heterocycles. The highest BCUT2D eigenvalue weighted by molar-refractivity contribution is 6.03. The van der Waals surface area contributed by atoms with Gasteiger partial charge in [0.15, 0.2) is 0 Å². The third kappa shape index (κ3) is 3.57. The molecule has 0 unspecified atom stereocenters. The number of ether oxygens (including phenoxy) is 1. The number of carbonyl (C=O) groups is 2. The summed E-state index contributed by atoms with van der Waals surface area (Å²) in [5.74, 6) is -0.161. The van der Waals surface area contributed by atoms with Crippen LogP contribution in [0.2, 0.25) is 0 Å². The highest BCUT2D eigenvalue weighted by atomic mass is 16.5.